The Balaban J connectivity index is 1.80. The first kappa shape index (κ1) is 19.2. The van der Waals surface area contributed by atoms with Gasteiger partial charge in [-0.05, 0) is 25.7 Å². The number of rotatable bonds is 5. The first-order valence-electron chi connectivity index (χ1n) is 9.83. The number of aromatic hydroxyl groups is 1. The highest BCUT2D eigenvalue weighted by Crippen LogP contribution is 2.45. The molecule has 0 bridgehead atoms. The molecule has 2 aromatic rings. The van der Waals surface area contributed by atoms with Crippen molar-refractivity contribution >= 4 is 17.9 Å². The molecule has 1 fully saturated rings. The van der Waals surface area contributed by atoms with Crippen molar-refractivity contribution in [1.82, 2.24) is 19.7 Å². The first-order chi connectivity index (χ1) is 14.0. The quantitative estimate of drug-likeness (QED) is 0.796. The molecular weight excluding hydrogens is 374 g/mol. The minimum Gasteiger partial charge on any atom is -0.503 e. The Labute approximate surface area is 168 Å². The van der Waals surface area contributed by atoms with Gasteiger partial charge in [0.25, 0.3) is 11.3 Å². The molecule has 1 amide bonds. The molecule has 2 N–H and O–H groups in total. The largest absolute Gasteiger partial charge is 0.503 e. The van der Waals surface area contributed by atoms with Crippen LogP contribution in [0.3, 0.4) is 0 Å². The molecule has 0 aromatic carbocycles. The van der Waals surface area contributed by atoms with Gasteiger partial charge >= 0.3 is 0 Å². The summed E-state index contributed by atoms with van der Waals surface area (Å²) in [7, 11) is 3.09. The van der Waals surface area contributed by atoms with Crippen molar-refractivity contribution in [3.05, 3.63) is 33.9 Å². The van der Waals surface area contributed by atoms with Crippen LogP contribution in [0.4, 0.5) is 5.82 Å². The Morgan fingerprint density at radius 2 is 2.10 bits per heavy atom. The SMILES string of the molecule is CNC(=O)c1nn(CC2(n3cc(OC)c4c3N=CCC4)CCCC2)cc(O)c1=O. The molecule has 4 rings (SSSR count). The van der Waals surface area contributed by atoms with Crippen LogP contribution in [-0.2, 0) is 18.5 Å². The van der Waals surface area contributed by atoms with Crippen LogP contribution in [0.5, 0.6) is 11.5 Å². The fourth-order valence-corrected chi connectivity index (χ4v) is 4.47. The van der Waals surface area contributed by atoms with Crippen LogP contribution in [0.25, 0.3) is 0 Å². The van der Waals surface area contributed by atoms with Gasteiger partial charge < -0.3 is 19.7 Å². The average molecular weight is 399 g/mol. The molecule has 1 saturated carbocycles. The Morgan fingerprint density at radius 3 is 2.79 bits per heavy atom. The van der Waals surface area contributed by atoms with E-state index >= 15 is 0 Å². The molecule has 0 saturated heterocycles. The molecule has 29 heavy (non-hydrogen) atoms. The van der Waals surface area contributed by atoms with Crippen molar-refractivity contribution in [3.8, 4) is 11.5 Å². The summed E-state index contributed by atoms with van der Waals surface area (Å²) in [5.74, 6) is 0.610. The standard InChI is InChI=1S/C20H25N5O4/c1-21-19(28)16-17(27)14(26)10-24(23-16)12-20(7-3-4-8-20)25-11-15(29-2)13-6-5-9-22-18(13)25/h9-11,26H,3-8,12H2,1-2H3,(H,21,28). The number of methoxy groups -OCH3 is 1. The van der Waals surface area contributed by atoms with Gasteiger partial charge in [0.1, 0.15) is 11.6 Å². The minimum atomic E-state index is -0.773. The monoisotopic (exact) mass is 399 g/mol. The topological polar surface area (TPSA) is 111 Å². The summed E-state index contributed by atoms with van der Waals surface area (Å²) in [6.07, 6.45) is 10.9. The summed E-state index contributed by atoms with van der Waals surface area (Å²) in [5, 5.41) is 16.7. The van der Waals surface area contributed by atoms with Gasteiger partial charge in [-0.1, -0.05) is 12.8 Å². The predicted octanol–water partition coefficient (Wildman–Crippen LogP) is 1.74. The van der Waals surface area contributed by atoms with E-state index in [2.05, 4.69) is 20.0 Å². The molecule has 3 heterocycles. The molecule has 9 heteroatoms. The van der Waals surface area contributed by atoms with Gasteiger partial charge in [0, 0.05) is 25.0 Å². The van der Waals surface area contributed by atoms with E-state index in [1.165, 1.54) is 17.9 Å². The lowest BCUT2D eigenvalue weighted by Gasteiger charge is -2.33. The maximum atomic E-state index is 12.1. The van der Waals surface area contributed by atoms with Crippen LogP contribution in [0.15, 0.2) is 22.2 Å². The lowest BCUT2D eigenvalue weighted by atomic mass is 9.96. The third-order valence-corrected chi connectivity index (χ3v) is 5.89. The number of ether oxygens (including phenoxy) is 1. The number of carbonyl (C=O) groups excluding carboxylic acids is 1. The number of carbonyl (C=O) groups is 1. The molecule has 1 aliphatic carbocycles. The zero-order chi connectivity index (χ0) is 20.6. The maximum Gasteiger partial charge on any atom is 0.275 e. The molecule has 0 unspecified atom stereocenters. The van der Waals surface area contributed by atoms with E-state index in [9.17, 15) is 14.7 Å². The number of hydrogen-bond donors (Lipinski definition) is 2. The van der Waals surface area contributed by atoms with Crippen molar-refractivity contribution in [2.75, 3.05) is 14.2 Å². The van der Waals surface area contributed by atoms with Crippen LogP contribution < -0.4 is 15.5 Å². The lowest BCUT2D eigenvalue weighted by Crippen LogP contribution is -2.37. The second kappa shape index (κ2) is 7.38. The normalized spacial score (nSPS) is 17.2. The third kappa shape index (κ3) is 3.20. The van der Waals surface area contributed by atoms with Crippen molar-refractivity contribution in [2.24, 2.45) is 4.99 Å². The zero-order valence-electron chi connectivity index (χ0n) is 16.6. The maximum absolute atomic E-state index is 12.1. The van der Waals surface area contributed by atoms with E-state index in [1.807, 2.05) is 12.4 Å². The highest BCUT2D eigenvalue weighted by molar-refractivity contribution is 5.92. The van der Waals surface area contributed by atoms with Gasteiger partial charge in [0.05, 0.1) is 25.4 Å². The molecule has 154 valence electrons. The summed E-state index contributed by atoms with van der Waals surface area (Å²) in [6.45, 7) is 0.407. The highest BCUT2D eigenvalue weighted by atomic mass is 16.5. The molecular formula is C20H25N5O4. The van der Waals surface area contributed by atoms with E-state index in [-0.39, 0.29) is 11.2 Å². The Bertz CT molecular complexity index is 1030. The first-order valence-corrected chi connectivity index (χ1v) is 9.83. The summed E-state index contributed by atoms with van der Waals surface area (Å²) in [5.41, 5.74) is -0.316. The van der Waals surface area contributed by atoms with Gasteiger partial charge in [0.2, 0.25) is 0 Å². The lowest BCUT2D eigenvalue weighted by molar-refractivity contribution is 0.0952. The van der Waals surface area contributed by atoms with E-state index in [0.29, 0.717) is 6.54 Å². The fraction of sp³-hybridized carbons (Fsp3) is 0.500. The number of amides is 1. The summed E-state index contributed by atoms with van der Waals surface area (Å²) < 4.78 is 9.26. The number of aliphatic imine (C=N–C) groups is 1. The number of fused-ring (bicyclic) bond motifs is 1. The van der Waals surface area contributed by atoms with Gasteiger partial charge in [-0.3, -0.25) is 14.3 Å². The summed E-state index contributed by atoms with van der Waals surface area (Å²) in [4.78, 5) is 28.8. The molecule has 0 atom stereocenters. The molecule has 1 aliphatic heterocycles. The number of nitrogens with zero attached hydrogens (tertiary/aromatic N) is 4. The number of nitrogens with one attached hydrogen (secondary N) is 1. The second-order valence-electron chi connectivity index (χ2n) is 7.62. The van der Waals surface area contributed by atoms with Crippen LogP contribution in [0, 0.1) is 0 Å². The molecule has 0 radical (unpaired) electrons. The second-order valence-corrected chi connectivity index (χ2v) is 7.62. The van der Waals surface area contributed by atoms with Gasteiger partial charge in [0.15, 0.2) is 11.4 Å². The zero-order valence-corrected chi connectivity index (χ0v) is 16.6. The fourth-order valence-electron chi connectivity index (χ4n) is 4.47. The molecule has 9 nitrogen and oxygen atoms in total. The number of aromatic nitrogens is 3. The molecule has 0 spiro atoms. The van der Waals surface area contributed by atoms with E-state index < -0.39 is 17.1 Å². The summed E-state index contributed by atoms with van der Waals surface area (Å²) in [6, 6.07) is 0. The van der Waals surface area contributed by atoms with Crippen molar-refractivity contribution in [3.63, 3.8) is 0 Å². The Hall–Kier alpha value is -3.10. The van der Waals surface area contributed by atoms with Gasteiger partial charge in [-0.2, -0.15) is 5.10 Å². The predicted molar refractivity (Wildman–Crippen MR) is 107 cm³/mol. The Morgan fingerprint density at radius 1 is 1.34 bits per heavy atom. The van der Waals surface area contributed by atoms with Crippen LogP contribution >= 0.6 is 0 Å². The van der Waals surface area contributed by atoms with Crippen molar-refractivity contribution in [1.29, 1.82) is 0 Å². The van der Waals surface area contributed by atoms with Gasteiger partial charge in [-0.15, -0.1) is 0 Å². The third-order valence-electron chi connectivity index (χ3n) is 5.89. The Kier molecular flexibility index (Phi) is 4.89. The minimum absolute atomic E-state index is 0.314. The van der Waals surface area contributed by atoms with Gasteiger partial charge in [-0.25, -0.2) is 4.99 Å². The highest BCUT2D eigenvalue weighted by Gasteiger charge is 2.39. The van der Waals surface area contributed by atoms with Crippen LogP contribution in [-0.4, -0.2) is 45.7 Å². The van der Waals surface area contributed by atoms with E-state index in [1.54, 1.807) is 7.11 Å². The van der Waals surface area contributed by atoms with E-state index in [4.69, 9.17) is 4.74 Å². The van der Waals surface area contributed by atoms with Crippen LogP contribution in [0.1, 0.15) is 48.2 Å². The smallest absolute Gasteiger partial charge is 0.275 e. The molecule has 2 aromatic heterocycles. The van der Waals surface area contributed by atoms with Crippen LogP contribution in [0.2, 0.25) is 0 Å². The van der Waals surface area contributed by atoms with Crippen molar-refractivity contribution in [2.45, 2.75) is 50.6 Å². The molecule has 2 aliphatic rings. The van der Waals surface area contributed by atoms with Crippen molar-refractivity contribution < 1.29 is 14.6 Å². The average Bonchev–Trinajstić information content (AvgIpc) is 3.35. The van der Waals surface area contributed by atoms with E-state index in [0.717, 1.165) is 55.7 Å². The summed E-state index contributed by atoms with van der Waals surface area (Å²) >= 11 is 0. The number of hydrogen-bond acceptors (Lipinski definition) is 6.